The van der Waals surface area contributed by atoms with Crippen molar-refractivity contribution in [1.82, 2.24) is 14.6 Å². The first kappa shape index (κ1) is 10.1. The number of nitriles is 1. The summed E-state index contributed by atoms with van der Waals surface area (Å²) in [4.78, 5) is 4.30. The van der Waals surface area contributed by atoms with Crippen LogP contribution >= 0.6 is 15.9 Å². The van der Waals surface area contributed by atoms with E-state index in [4.69, 9.17) is 5.26 Å². The summed E-state index contributed by atoms with van der Waals surface area (Å²) in [7, 11) is 0. The Kier molecular flexibility index (Phi) is 2.24. The molecule has 0 unspecified atom stereocenters. The zero-order chi connectivity index (χ0) is 11.1. The van der Waals surface area contributed by atoms with E-state index in [0.717, 1.165) is 10.1 Å². The maximum absolute atomic E-state index is 8.98. The molecular formula is C10H9BrN4. The van der Waals surface area contributed by atoms with Gasteiger partial charge in [0.25, 0.3) is 0 Å². The quantitative estimate of drug-likeness (QED) is 0.794. The largest absolute Gasteiger partial charge is 0.220 e. The van der Waals surface area contributed by atoms with Crippen LogP contribution in [0.4, 0.5) is 0 Å². The van der Waals surface area contributed by atoms with Crippen molar-refractivity contribution in [2.75, 3.05) is 0 Å². The van der Waals surface area contributed by atoms with Gasteiger partial charge < -0.3 is 0 Å². The SMILES string of the molecule is CC(C)(C#N)c1nc2ccc(Br)cn2n1. The zero-order valence-corrected chi connectivity index (χ0v) is 9.98. The van der Waals surface area contributed by atoms with Crippen molar-refractivity contribution in [1.29, 1.82) is 5.26 Å². The molecule has 0 saturated heterocycles. The van der Waals surface area contributed by atoms with Gasteiger partial charge in [-0.3, -0.25) is 0 Å². The van der Waals surface area contributed by atoms with Crippen LogP contribution in [0.5, 0.6) is 0 Å². The topological polar surface area (TPSA) is 54.0 Å². The number of fused-ring (bicyclic) bond motifs is 1. The minimum atomic E-state index is -0.654. The number of hydrogen-bond acceptors (Lipinski definition) is 3. The maximum Gasteiger partial charge on any atom is 0.171 e. The van der Waals surface area contributed by atoms with E-state index in [2.05, 4.69) is 32.1 Å². The third-order valence-corrected chi connectivity index (χ3v) is 2.60. The normalized spacial score (nSPS) is 11.6. The molecule has 2 aromatic heterocycles. The average Bonchev–Trinajstić information content (AvgIpc) is 2.61. The fourth-order valence-electron chi connectivity index (χ4n) is 1.17. The second-order valence-electron chi connectivity index (χ2n) is 3.82. The molecule has 2 heterocycles. The summed E-state index contributed by atoms with van der Waals surface area (Å²) < 4.78 is 2.60. The Bertz CT molecular complexity index is 550. The average molecular weight is 265 g/mol. The number of rotatable bonds is 1. The third-order valence-electron chi connectivity index (χ3n) is 2.13. The summed E-state index contributed by atoms with van der Waals surface area (Å²) in [6, 6.07) is 5.93. The summed E-state index contributed by atoms with van der Waals surface area (Å²) in [6.45, 7) is 3.60. The lowest BCUT2D eigenvalue weighted by molar-refractivity contribution is 0.628. The molecule has 4 nitrogen and oxygen atoms in total. The lowest BCUT2D eigenvalue weighted by Crippen LogP contribution is -2.16. The Hall–Kier alpha value is -1.41. The number of hydrogen-bond donors (Lipinski definition) is 0. The molecular weight excluding hydrogens is 256 g/mol. The second-order valence-corrected chi connectivity index (χ2v) is 4.74. The highest BCUT2D eigenvalue weighted by Crippen LogP contribution is 2.19. The Morgan fingerprint density at radius 1 is 1.47 bits per heavy atom. The van der Waals surface area contributed by atoms with Crippen LogP contribution in [0.15, 0.2) is 22.8 Å². The zero-order valence-electron chi connectivity index (χ0n) is 8.40. The van der Waals surface area contributed by atoms with Crippen LogP contribution in [0.3, 0.4) is 0 Å². The fourth-order valence-corrected chi connectivity index (χ4v) is 1.50. The van der Waals surface area contributed by atoms with Crippen molar-refractivity contribution >= 4 is 21.6 Å². The van der Waals surface area contributed by atoms with Gasteiger partial charge in [0, 0.05) is 10.7 Å². The highest BCUT2D eigenvalue weighted by molar-refractivity contribution is 9.10. The number of pyridine rings is 1. The molecule has 0 radical (unpaired) electrons. The standard InChI is InChI=1S/C10H9BrN4/c1-10(2,6-12)9-13-8-4-3-7(11)5-15(8)14-9/h3-5H,1-2H3. The van der Waals surface area contributed by atoms with Crippen molar-refractivity contribution in [3.63, 3.8) is 0 Å². The molecule has 0 saturated carbocycles. The molecule has 76 valence electrons. The minimum Gasteiger partial charge on any atom is -0.220 e. The molecule has 0 aliphatic heterocycles. The van der Waals surface area contributed by atoms with Crippen LogP contribution in [0.1, 0.15) is 19.7 Å². The van der Waals surface area contributed by atoms with Gasteiger partial charge in [0.1, 0.15) is 5.41 Å². The first-order valence-electron chi connectivity index (χ1n) is 4.46. The predicted molar refractivity (Wildman–Crippen MR) is 59.3 cm³/mol. The van der Waals surface area contributed by atoms with E-state index in [0.29, 0.717) is 5.82 Å². The van der Waals surface area contributed by atoms with E-state index >= 15 is 0 Å². The molecule has 0 amide bonds. The van der Waals surface area contributed by atoms with Crippen LogP contribution in [-0.2, 0) is 5.41 Å². The highest BCUT2D eigenvalue weighted by atomic mass is 79.9. The van der Waals surface area contributed by atoms with Gasteiger partial charge in [-0.05, 0) is 41.9 Å². The second kappa shape index (κ2) is 3.31. The molecule has 5 heteroatoms. The molecule has 2 rings (SSSR count). The van der Waals surface area contributed by atoms with Crippen LogP contribution in [0.25, 0.3) is 5.65 Å². The van der Waals surface area contributed by atoms with Crippen LogP contribution in [0.2, 0.25) is 0 Å². The summed E-state index contributed by atoms with van der Waals surface area (Å²) in [5, 5.41) is 13.2. The molecule has 0 aliphatic rings. The van der Waals surface area contributed by atoms with Crippen molar-refractivity contribution < 1.29 is 0 Å². The molecule has 0 bridgehead atoms. The maximum atomic E-state index is 8.98. The van der Waals surface area contributed by atoms with E-state index in [1.165, 1.54) is 0 Å². The first-order chi connectivity index (χ1) is 7.03. The lowest BCUT2D eigenvalue weighted by atomic mass is 9.95. The van der Waals surface area contributed by atoms with Gasteiger partial charge in [-0.2, -0.15) is 5.26 Å². The smallest absolute Gasteiger partial charge is 0.171 e. The van der Waals surface area contributed by atoms with Gasteiger partial charge in [-0.1, -0.05) is 0 Å². The van der Waals surface area contributed by atoms with Gasteiger partial charge in [-0.15, -0.1) is 5.10 Å². The molecule has 0 N–H and O–H groups in total. The Morgan fingerprint density at radius 2 is 2.20 bits per heavy atom. The van der Waals surface area contributed by atoms with Crippen molar-refractivity contribution in [2.45, 2.75) is 19.3 Å². The van der Waals surface area contributed by atoms with E-state index in [1.54, 1.807) is 18.4 Å². The fraction of sp³-hybridized carbons (Fsp3) is 0.300. The van der Waals surface area contributed by atoms with Crippen LogP contribution in [-0.4, -0.2) is 14.6 Å². The molecule has 0 aromatic carbocycles. The van der Waals surface area contributed by atoms with Crippen molar-refractivity contribution in [3.8, 4) is 6.07 Å². The molecule has 0 fully saturated rings. The van der Waals surface area contributed by atoms with Crippen molar-refractivity contribution in [3.05, 3.63) is 28.6 Å². The third kappa shape index (κ3) is 1.73. The molecule has 0 atom stereocenters. The summed E-state index contributed by atoms with van der Waals surface area (Å²) in [5.74, 6) is 0.545. The summed E-state index contributed by atoms with van der Waals surface area (Å²) in [6.07, 6.45) is 1.82. The molecule has 2 aromatic rings. The van der Waals surface area contributed by atoms with E-state index in [1.807, 2.05) is 18.3 Å². The first-order valence-corrected chi connectivity index (χ1v) is 5.26. The van der Waals surface area contributed by atoms with E-state index in [-0.39, 0.29) is 0 Å². The van der Waals surface area contributed by atoms with Crippen molar-refractivity contribution in [2.24, 2.45) is 0 Å². The van der Waals surface area contributed by atoms with Crippen LogP contribution < -0.4 is 0 Å². The molecule has 0 aliphatic carbocycles. The summed E-state index contributed by atoms with van der Waals surface area (Å²) >= 11 is 3.36. The Balaban J connectivity index is 2.63. The summed E-state index contributed by atoms with van der Waals surface area (Å²) in [5.41, 5.74) is 0.0925. The Labute approximate surface area is 95.7 Å². The van der Waals surface area contributed by atoms with E-state index in [9.17, 15) is 0 Å². The number of aromatic nitrogens is 3. The number of halogens is 1. The van der Waals surface area contributed by atoms with Gasteiger partial charge in [0.2, 0.25) is 0 Å². The minimum absolute atomic E-state index is 0.545. The predicted octanol–water partition coefficient (Wildman–Crippen LogP) is 2.29. The number of nitrogens with zero attached hydrogens (tertiary/aromatic N) is 4. The van der Waals surface area contributed by atoms with E-state index < -0.39 is 5.41 Å². The molecule has 15 heavy (non-hydrogen) atoms. The van der Waals surface area contributed by atoms with Crippen LogP contribution in [0, 0.1) is 11.3 Å². The highest BCUT2D eigenvalue weighted by Gasteiger charge is 2.25. The van der Waals surface area contributed by atoms with Gasteiger partial charge in [0.15, 0.2) is 11.5 Å². The Morgan fingerprint density at radius 3 is 2.87 bits per heavy atom. The monoisotopic (exact) mass is 264 g/mol. The van der Waals surface area contributed by atoms with Gasteiger partial charge in [0.05, 0.1) is 6.07 Å². The lowest BCUT2D eigenvalue weighted by Gasteiger charge is -2.08. The van der Waals surface area contributed by atoms with Gasteiger partial charge in [-0.25, -0.2) is 9.50 Å². The van der Waals surface area contributed by atoms with Gasteiger partial charge >= 0.3 is 0 Å². The molecule has 0 spiro atoms.